The number of hydrogen-bond acceptors (Lipinski definition) is 1. The van der Waals surface area contributed by atoms with Crippen LogP contribution in [0.25, 0.3) is 0 Å². The first kappa shape index (κ1) is 12.3. The Hall–Kier alpha value is 0.190. The normalized spacial score (nSPS) is 22.4. The molecule has 0 saturated heterocycles. The van der Waals surface area contributed by atoms with Gasteiger partial charge in [0.15, 0.2) is 8.03 Å². The zero-order valence-electron chi connectivity index (χ0n) is 9.17. The number of rotatable bonds is 6. The molecule has 2 nitrogen and oxygen atoms in total. The van der Waals surface area contributed by atoms with Crippen LogP contribution in [0.1, 0.15) is 51.9 Å². The van der Waals surface area contributed by atoms with Crippen molar-refractivity contribution >= 4 is 8.03 Å². The SMILES string of the molecule is CCCCC(C[PH](=O)O)C1CCCC1. The molecule has 0 amide bonds. The second kappa shape index (κ2) is 6.63. The van der Waals surface area contributed by atoms with Crippen molar-refractivity contribution in [2.45, 2.75) is 51.9 Å². The van der Waals surface area contributed by atoms with E-state index in [1.54, 1.807) is 0 Å². The Bertz CT molecular complexity index is 176. The van der Waals surface area contributed by atoms with E-state index in [9.17, 15) is 4.57 Å². The molecular formula is C11H23O2P. The van der Waals surface area contributed by atoms with Crippen molar-refractivity contribution in [1.29, 1.82) is 0 Å². The van der Waals surface area contributed by atoms with Gasteiger partial charge in [-0.05, 0) is 18.3 Å². The maximum Gasteiger partial charge on any atom is 0.189 e. The van der Waals surface area contributed by atoms with E-state index < -0.39 is 8.03 Å². The topological polar surface area (TPSA) is 37.3 Å². The van der Waals surface area contributed by atoms with Crippen LogP contribution in [0.5, 0.6) is 0 Å². The summed E-state index contributed by atoms with van der Waals surface area (Å²) in [6.45, 7) is 2.19. The Morgan fingerprint density at radius 1 is 1.43 bits per heavy atom. The molecule has 0 aromatic carbocycles. The van der Waals surface area contributed by atoms with E-state index in [4.69, 9.17) is 4.89 Å². The molecule has 14 heavy (non-hydrogen) atoms. The van der Waals surface area contributed by atoms with Gasteiger partial charge in [0.2, 0.25) is 0 Å². The van der Waals surface area contributed by atoms with Gasteiger partial charge in [0.25, 0.3) is 0 Å². The molecule has 0 aliphatic heterocycles. The molecule has 0 aromatic heterocycles. The molecule has 1 saturated carbocycles. The molecule has 0 spiro atoms. The number of unbranched alkanes of at least 4 members (excludes halogenated alkanes) is 1. The van der Waals surface area contributed by atoms with Gasteiger partial charge in [0.1, 0.15) is 0 Å². The molecule has 1 fully saturated rings. The molecule has 0 bridgehead atoms. The molecule has 2 unspecified atom stereocenters. The van der Waals surface area contributed by atoms with Gasteiger partial charge in [-0.1, -0.05) is 45.4 Å². The zero-order chi connectivity index (χ0) is 10.4. The minimum atomic E-state index is -2.25. The largest absolute Gasteiger partial charge is 0.346 e. The first-order valence-corrected chi connectivity index (χ1v) is 7.52. The van der Waals surface area contributed by atoms with Gasteiger partial charge < -0.3 is 4.89 Å². The second-order valence-electron chi connectivity index (χ2n) is 4.54. The van der Waals surface area contributed by atoms with Crippen LogP contribution in [0.15, 0.2) is 0 Å². The minimum absolute atomic E-state index is 0.536. The van der Waals surface area contributed by atoms with Gasteiger partial charge >= 0.3 is 0 Å². The predicted octanol–water partition coefficient (Wildman–Crippen LogP) is 3.45. The molecule has 0 aromatic rings. The van der Waals surface area contributed by atoms with Gasteiger partial charge in [0.05, 0.1) is 0 Å². The molecule has 84 valence electrons. The Morgan fingerprint density at radius 2 is 2.07 bits per heavy atom. The molecule has 3 heteroatoms. The predicted molar refractivity (Wildman–Crippen MR) is 61.1 cm³/mol. The molecule has 1 aliphatic rings. The standard InChI is InChI=1S/C11H23O2P/c1-2-3-6-11(9-14(12)13)10-7-4-5-8-10/h10-11,14H,2-9H2,1H3,(H,12,13). The maximum absolute atomic E-state index is 10.9. The summed E-state index contributed by atoms with van der Waals surface area (Å²) >= 11 is 0. The zero-order valence-corrected chi connectivity index (χ0v) is 10.2. The second-order valence-corrected chi connectivity index (χ2v) is 5.74. The Labute approximate surface area is 88.0 Å². The van der Waals surface area contributed by atoms with E-state index in [1.165, 1.54) is 38.5 Å². The highest BCUT2D eigenvalue weighted by molar-refractivity contribution is 7.38. The van der Waals surface area contributed by atoms with Gasteiger partial charge in [-0.2, -0.15) is 0 Å². The van der Waals surface area contributed by atoms with Crippen molar-refractivity contribution in [2.75, 3.05) is 6.16 Å². The summed E-state index contributed by atoms with van der Waals surface area (Å²) in [6.07, 6.45) is 9.42. The third-order valence-corrected chi connectivity index (χ3v) is 4.31. The molecule has 2 atom stereocenters. The van der Waals surface area contributed by atoms with E-state index in [0.717, 1.165) is 12.3 Å². The highest BCUT2D eigenvalue weighted by Crippen LogP contribution is 2.37. The number of hydrogen-bond donors (Lipinski definition) is 1. The van der Waals surface area contributed by atoms with Crippen LogP contribution in [0.2, 0.25) is 0 Å². The Morgan fingerprint density at radius 3 is 2.57 bits per heavy atom. The monoisotopic (exact) mass is 218 g/mol. The summed E-state index contributed by atoms with van der Waals surface area (Å²) in [5, 5.41) is 0. The van der Waals surface area contributed by atoms with Gasteiger partial charge in [-0.15, -0.1) is 0 Å². The van der Waals surface area contributed by atoms with Crippen LogP contribution in [-0.2, 0) is 4.57 Å². The average Bonchev–Trinajstić information content (AvgIpc) is 2.64. The first-order valence-electron chi connectivity index (χ1n) is 5.95. The third-order valence-electron chi connectivity index (χ3n) is 3.43. The Balaban J connectivity index is 2.37. The van der Waals surface area contributed by atoms with Gasteiger partial charge in [0, 0.05) is 6.16 Å². The summed E-state index contributed by atoms with van der Waals surface area (Å²) < 4.78 is 10.9. The van der Waals surface area contributed by atoms with E-state index in [2.05, 4.69) is 6.92 Å². The molecular weight excluding hydrogens is 195 g/mol. The fourth-order valence-corrected chi connectivity index (χ4v) is 3.61. The summed E-state index contributed by atoms with van der Waals surface area (Å²) in [6, 6.07) is 0. The maximum atomic E-state index is 10.9. The van der Waals surface area contributed by atoms with E-state index in [-0.39, 0.29) is 0 Å². The average molecular weight is 218 g/mol. The van der Waals surface area contributed by atoms with Crippen molar-refractivity contribution < 1.29 is 9.46 Å². The van der Waals surface area contributed by atoms with Crippen molar-refractivity contribution in [1.82, 2.24) is 0 Å². The van der Waals surface area contributed by atoms with Crippen molar-refractivity contribution in [3.8, 4) is 0 Å². The Kier molecular flexibility index (Phi) is 5.81. The van der Waals surface area contributed by atoms with Crippen molar-refractivity contribution in [3.05, 3.63) is 0 Å². The van der Waals surface area contributed by atoms with Crippen LogP contribution < -0.4 is 0 Å². The minimum Gasteiger partial charge on any atom is -0.346 e. The fraction of sp³-hybridized carbons (Fsp3) is 1.00. The smallest absolute Gasteiger partial charge is 0.189 e. The van der Waals surface area contributed by atoms with E-state index in [1.807, 2.05) is 0 Å². The van der Waals surface area contributed by atoms with E-state index >= 15 is 0 Å². The van der Waals surface area contributed by atoms with Crippen LogP contribution in [0.3, 0.4) is 0 Å². The van der Waals surface area contributed by atoms with Gasteiger partial charge in [-0.25, -0.2) is 0 Å². The van der Waals surface area contributed by atoms with Crippen LogP contribution in [0, 0.1) is 11.8 Å². The molecule has 1 rings (SSSR count). The molecule has 0 heterocycles. The van der Waals surface area contributed by atoms with Crippen molar-refractivity contribution in [2.24, 2.45) is 11.8 Å². The fourth-order valence-electron chi connectivity index (χ4n) is 2.62. The van der Waals surface area contributed by atoms with Crippen LogP contribution >= 0.6 is 8.03 Å². The van der Waals surface area contributed by atoms with Crippen LogP contribution in [-0.4, -0.2) is 11.1 Å². The van der Waals surface area contributed by atoms with E-state index in [0.29, 0.717) is 12.1 Å². The lowest BCUT2D eigenvalue weighted by molar-refractivity contribution is 0.333. The van der Waals surface area contributed by atoms with Crippen LogP contribution in [0.4, 0.5) is 0 Å². The lowest BCUT2D eigenvalue weighted by Gasteiger charge is -2.21. The molecule has 1 aliphatic carbocycles. The summed E-state index contributed by atoms with van der Waals surface area (Å²) in [5.41, 5.74) is 0. The highest BCUT2D eigenvalue weighted by atomic mass is 31.1. The first-order chi connectivity index (χ1) is 6.74. The quantitative estimate of drug-likeness (QED) is 0.693. The lowest BCUT2D eigenvalue weighted by atomic mass is 9.88. The summed E-state index contributed by atoms with van der Waals surface area (Å²) in [5.74, 6) is 1.29. The van der Waals surface area contributed by atoms with Gasteiger partial charge in [-0.3, -0.25) is 4.57 Å². The lowest BCUT2D eigenvalue weighted by Crippen LogP contribution is -2.14. The van der Waals surface area contributed by atoms with Crippen molar-refractivity contribution in [3.63, 3.8) is 0 Å². The molecule has 0 radical (unpaired) electrons. The molecule has 1 N–H and O–H groups in total. The summed E-state index contributed by atoms with van der Waals surface area (Å²) in [4.78, 5) is 9.03. The third kappa shape index (κ3) is 4.14. The highest BCUT2D eigenvalue weighted by Gasteiger charge is 2.25. The summed E-state index contributed by atoms with van der Waals surface area (Å²) in [7, 11) is -2.25.